The lowest BCUT2D eigenvalue weighted by Crippen LogP contribution is -2.26. The fraction of sp³-hybridized carbons (Fsp3) is 0.769. The highest BCUT2D eigenvalue weighted by molar-refractivity contribution is 5.80. The minimum Gasteiger partial charge on any atom is -0.300 e. The highest BCUT2D eigenvalue weighted by Gasteiger charge is 2.31. The lowest BCUT2D eigenvalue weighted by Gasteiger charge is -2.32. The molecule has 1 fully saturated rings. The molecule has 0 aliphatic heterocycles. The van der Waals surface area contributed by atoms with Gasteiger partial charge in [-0.1, -0.05) is 32.4 Å². The third kappa shape index (κ3) is 2.97. The lowest BCUT2D eigenvalue weighted by molar-refractivity contribution is -0.122. The van der Waals surface area contributed by atoms with Gasteiger partial charge in [-0.15, -0.1) is 0 Å². The fourth-order valence-corrected chi connectivity index (χ4v) is 2.27. The molecule has 1 saturated carbocycles. The van der Waals surface area contributed by atoms with E-state index in [4.69, 9.17) is 0 Å². The van der Waals surface area contributed by atoms with Crippen LogP contribution >= 0.6 is 0 Å². The third-order valence-electron chi connectivity index (χ3n) is 3.31. The van der Waals surface area contributed by atoms with Crippen molar-refractivity contribution in [2.45, 2.75) is 58.8 Å². The minimum atomic E-state index is 0.213. The number of hydrogen-bond acceptors (Lipinski definition) is 1. The Balaban J connectivity index is 2.60. The van der Waals surface area contributed by atoms with Crippen molar-refractivity contribution in [3.63, 3.8) is 0 Å². The molecule has 1 aliphatic rings. The van der Waals surface area contributed by atoms with Crippen LogP contribution in [0.25, 0.3) is 0 Å². The van der Waals surface area contributed by atoms with Crippen LogP contribution in [0.3, 0.4) is 0 Å². The summed E-state index contributed by atoms with van der Waals surface area (Å²) in [6, 6.07) is 0. The molecular formula is C13H22O. The molecule has 0 N–H and O–H groups in total. The summed E-state index contributed by atoms with van der Waals surface area (Å²) < 4.78 is 0. The molecule has 0 unspecified atom stereocenters. The highest BCUT2D eigenvalue weighted by atomic mass is 16.1. The summed E-state index contributed by atoms with van der Waals surface area (Å²) in [5.41, 5.74) is 0.213. The molecule has 1 aliphatic carbocycles. The van der Waals surface area contributed by atoms with E-state index >= 15 is 0 Å². The molecule has 0 amide bonds. The topological polar surface area (TPSA) is 17.1 Å². The van der Waals surface area contributed by atoms with Gasteiger partial charge in [0.2, 0.25) is 0 Å². The number of hydrogen-bond donors (Lipinski definition) is 0. The summed E-state index contributed by atoms with van der Waals surface area (Å²) in [5.74, 6) is 0.458. The molecule has 0 spiro atoms. The number of allylic oxidation sites excluding steroid dienone is 2. The summed E-state index contributed by atoms with van der Waals surface area (Å²) >= 11 is 0. The molecule has 1 heteroatoms. The monoisotopic (exact) mass is 194 g/mol. The van der Waals surface area contributed by atoms with Crippen molar-refractivity contribution >= 4 is 5.78 Å². The van der Waals surface area contributed by atoms with Crippen LogP contribution in [0.15, 0.2) is 12.2 Å². The second-order valence-electron chi connectivity index (χ2n) is 4.48. The molecule has 0 heterocycles. The fourth-order valence-electron chi connectivity index (χ4n) is 2.27. The maximum atomic E-state index is 11.4. The van der Waals surface area contributed by atoms with Crippen molar-refractivity contribution in [1.82, 2.24) is 0 Å². The van der Waals surface area contributed by atoms with Crippen LogP contribution in [-0.4, -0.2) is 5.78 Å². The van der Waals surface area contributed by atoms with Crippen LogP contribution in [0.2, 0.25) is 0 Å². The summed E-state index contributed by atoms with van der Waals surface area (Å²) in [5, 5.41) is 0. The van der Waals surface area contributed by atoms with Crippen molar-refractivity contribution in [3.8, 4) is 0 Å². The SMILES string of the molecule is CCC/C=C/[C@@]1(CC)CCCC(=O)C1. The molecule has 1 nitrogen and oxygen atoms in total. The van der Waals surface area contributed by atoms with Gasteiger partial charge in [-0.3, -0.25) is 4.79 Å². The first-order valence-corrected chi connectivity index (χ1v) is 5.92. The van der Waals surface area contributed by atoms with E-state index in [0.717, 1.165) is 32.1 Å². The Bertz CT molecular complexity index is 217. The quantitative estimate of drug-likeness (QED) is 0.621. The van der Waals surface area contributed by atoms with Crippen molar-refractivity contribution < 1.29 is 4.79 Å². The van der Waals surface area contributed by atoms with Crippen LogP contribution in [-0.2, 0) is 4.79 Å². The molecular weight excluding hydrogens is 172 g/mol. The molecule has 0 aromatic carbocycles. The number of carbonyl (C=O) groups is 1. The number of carbonyl (C=O) groups excluding carboxylic acids is 1. The lowest BCUT2D eigenvalue weighted by atomic mass is 9.71. The van der Waals surface area contributed by atoms with Gasteiger partial charge in [0.1, 0.15) is 5.78 Å². The van der Waals surface area contributed by atoms with E-state index in [2.05, 4.69) is 26.0 Å². The Labute approximate surface area is 87.6 Å². The zero-order chi connectivity index (χ0) is 10.4. The number of Topliss-reactive ketones (excluding diaryl/α,β-unsaturated/α-hetero) is 1. The first-order chi connectivity index (χ1) is 6.72. The first-order valence-electron chi connectivity index (χ1n) is 5.92. The van der Waals surface area contributed by atoms with Crippen LogP contribution in [0.4, 0.5) is 0 Å². The first kappa shape index (κ1) is 11.5. The molecule has 0 aromatic heterocycles. The van der Waals surface area contributed by atoms with Gasteiger partial charge in [0.25, 0.3) is 0 Å². The van der Waals surface area contributed by atoms with Crippen LogP contribution < -0.4 is 0 Å². The van der Waals surface area contributed by atoms with Gasteiger partial charge in [-0.05, 0) is 31.1 Å². The molecule has 0 saturated heterocycles. The molecule has 0 radical (unpaired) electrons. The van der Waals surface area contributed by atoms with E-state index in [1.165, 1.54) is 12.8 Å². The summed E-state index contributed by atoms with van der Waals surface area (Å²) in [7, 11) is 0. The van der Waals surface area contributed by atoms with Crippen LogP contribution in [0, 0.1) is 5.41 Å². The van der Waals surface area contributed by atoms with Gasteiger partial charge in [-0.2, -0.15) is 0 Å². The Morgan fingerprint density at radius 3 is 2.79 bits per heavy atom. The summed E-state index contributed by atoms with van der Waals surface area (Å²) in [6.07, 6.45) is 11.9. The maximum Gasteiger partial charge on any atom is 0.133 e. The second-order valence-corrected chi connectivity index (χ2v) is 4.48. The number of unbranched alkanes of at least 4 members (excludes halogenated alkanes) is 1. The predicted octanol–water partition coefficient (Wildman–Crippen LogP) is 3.88. The van der Waals surface area contributed by atoms with Gasteiger partial charge >= 0.3 is 0 Å². The van der Waals surface area contributed by atoms with Crippen molar-refractivity contribution in [1.29, 1.82) is 0 Å². The smallest absolute Gasteiger partial charge is 0.133 e. The Morgan fingerprint density at radius 1 is 1.43 bits per heavy atom. The van der Waals surface area contributed by atoms with E-state index in [9.17, 15) is 4.79 Å². The van der Waals surface area contributed by atoms with E-state index in [1.807, 2.05) is 0 Å². The van der Waals surface area contributed by atoms with Gasteiger partial charge < -0.3 is 0 Å². The van der Waals surface area contributed by atoms with E-state index in [-0.39, 0.29) is 5.41 Å². The van der Waals surface area contributed by atoms with Gasteiger partial charge in [0.05, 0.1) is 0 Å². The Hall–Kier alpha value is -0.590. The molecule has 14 heavy (non-hydrogen) atoms. The van der Waals surface area contributed by atoms with Gasteiger partial charge in [0, 0.05) is 12.8 Å². The molecule has 0 aromatic rings. The Kier molecular flexibility index (Phi) is 4.37. The standard InChI is InChI=1S/C13H22O/c1-3-5-6-9-13(4-2)10-7-8-12(14)11-13/h6,9H,3-5,7-8,10-11H2,1-2H3/b9-6+/t13-/m0/s1. The normalized spacial score (nSPS) is 28.6. The summed E-state index contributed by atoms with van der Waals surface area (Å²) in [6.45, 7) is 4.39. The van der Waals surface area contributed by atoms with E-state index in [1.54, 1.807) is 0 Å². The number of ketones is 1. The molecule has 0 bridgehead atoms. The van der Waals surface area contributed by atoms with Crippen LogP contribution in [0.1, 0.15) is 58.8 Å². The summed E-state index contributed by atoms with van der Waals surface area (Å²) in [4.78, 5) is 11.4. The largest absolute Gasteiger partial charge is 0.300 e. The zero-order valence-corrected chi connectivity index (χ0v) is 9.51. The average molecular weight is 194 g/mol. The third-order valence-corrected chi connectivity index (χ3v) is 3.31. The average Bonchev–Trinajstić information content (AvgIpc) is 2.18. The predicted molar refractivity (Wildman–Crippen MR) is 60.2 cm³/mol. The zero-order valence-electron chi connectivity index (χ0n) is 9.51. The highest BCUT2D eigenvalue weighted by Crippen LogP contribution is 2.38. The van der Waals surface area contributed by atoms with Crippen molar-refractivity contribution in [2.24, 2.45) is 5.41 Å². The van der Waals surface area contributed by atoms with Crippen LogP contribution in [0.5, 0.6) is 0 Å². The molecule has 1 rings (SSSR count). The minimum absolute atomic E-state index is 0.213. The molecule has 80 valence electrons. The van der Waals surface area contributed by atoms with Crippen molar-refractivity contribution in [2.75, 3.05) is 0 Å². The number of rotatable bonds is 4. The van der Waals surface area contributed by atoms with Gasteiger partial charge in [0.15, 0.2) is 0 Å². The van der Waals surface area contributed by atoms with Crippen molar-refractivity contribution in [3.05, 3.63) is 12.2 Å². The maximum absolute atomic E-state index is 11.4. The molecule has 1 atom stereocenters. The Morgan fingerprint density at radius 2 is 2.21 bits per heavy atom. The van der Waals surface area contributed by atoms with Gasteiger partial charge in [-0.25, -0.2) is 0 Å². The van der Waals surface area contributed by atoms with E-state index < -0.39 is 0 Å². The second kappa shape index (κ2) is 5.33. The van der Waals surface area contributed by atoms with E-state index in [0.29, 0.717) is 5.78 Å².